The number of rotatable bonds is 7. The minimum atomic E-state index is 0.201. The van der Waals surface area contributed by atoms with Crippen LogP contribution in [0.25, 0.3) is 0 Å². The molecule has 1 aromatic carbocycles. The van der Waals surface area contributed by atoms with Crippen LogP contribution in [0, 0.1) is 0 Å². The van der Waals surface area contributed by atoms with Crippen molar-refractivity contribution in [1.82, 2.24) is 5.32 Å². The lowest BCUT2D eigenvalue weighted by molar-refractivity contribution is 0.0633. The van der Waals surface area contributed by atoms with Crippen molar-refractivity contribution < 1.29 is 4.74 Å². The van der Waals surface area contributed by atoms with Gasteiger partial charge in [-0.3, -0.25) is 0 Å². The highest BCUT2D eigenvalue weighted by Crippen LogP contribution is 2.23. The second-order valence-corrected chi connectivity index (χ2v) is 5.24. The molecular weight excluding hydrogens is 269 g/mol. The van der Waals surface area contributed by atoms with Crippen LogP contribution >= 0.6 is 23.2 Å². The molecule has 2 unspecified atom stereocenters. The summed E-state index contributed by atoms with van der Waals surface area (Å²) in [5.41, 5.74) is 1.10. The highest BCUT2D eigenvalue weighted by atomic mass is 35.5. The lowest BCUT2D eigenvalue weighted by Gasteiger charge is -2.26. The van der Waals surface area contributed by atoms with E-state index in [9.17, 15) is 0 Å². The minimum absolute atomic E-state index is 0.201. The van der Waals surface area contributed by atoms with Gasteiger partial charge in [-0.1, -0.05) is 42.6 Å². The van der Waals surface area contributed by atoms with Crippen molar-refractivity contribution in [3.8, 4) is 0 Å². The second kappa shape index (κ2) is 8.00. The van der Waals surface area contributed by atoms with Crippen molar-refractivity contribution in [3.05, 3.63) is 33.8 Å². The van der Waals surface area contributed by atoms with Crippen LogP contribution in [0.4, 0.5) is 0 Å². The molecule has 18 heavy (non-hydrogen) atoms. The zero-order chi connectivity index (χ0) is 13.5. The van der Waals surface area contributed by atoms with Gasteiger partial charge in [-0.05, 0) is 37.6 Å². The SMILES string of the molecule is CCCC(OC)C(Cc1ccc(Cl)cc1Cl)NC. The van der Waals surface area contributed by atoms with E-state index in [2.05, 4.69) is 12.2 Å². The number of hydrogen-bond donors (Lipinski definition) is 1. The molecule has 4 heteroatoms. The van der Waals surface area contributed by atoms with Gasteiger partial charge >= 0.3 is 0 Å². The number of ether oxygens (including phenoxy) is 1. The van der Waals surface area contributed by atoms with Crippen LogP contribution in [0.5, 0.6) is 0 Å². The van der Waals surface area contributed by atoms with Crippen LogP contribution in [0.1, 0.15) is 25.3 Å². The van der Waals surface area contributed by atoms with Gasteiger partial charge in [0.15, 0.2) is 0 Å². The monoisotopic (exact) mass is 289 g/mol. The third-order valence-corrected chi connectivity index (χ3v) is 3.74. The Morgan fingerprint density at radius 3 is 2.56 bits per heavy atom. The van der Waals surface area contributed by atoms with Gasteiger partial charge in [0.25, 0.3) is 0 Å². The molecule has 1 rings (SSSR count). The minimum Gasteiger partial charge on any atom is -0.380 e. The van der Waals surface area contributed by atoms with Gasteiger partial charge in [0.05, 0.1) is 6.10 Å². The summed E-state index contributed by atoms with van der Waals surface area (Å²) in [6.07, 6.45) is 3.18. The van der Waals surface area contributed by atoms with Crippen LogP contribution in [-0.2, 0) is 11.2 Å². The Balaban J connectivity index is 2.78. The Labute approximate surface area is 120 Å². The molecule has 0 aliphatic heterocycles. The summed E-state index contributed by atoms with van der Waals surface area (Å²) >= 11 is 12.1. The first kappa shape index (κ1) is 15.8. The molecular formula is C14H21Cl2NO. The van der Waals surface area contributed by atoms with Gasteiger partial charge in [-0.25, -0.2) is 0 Å². The van der Waals surface area contributed by atoms with E-state index in [1.54, 1.807) is 13.2 Å². The first-order valence-corrected chi connectivity index (χ1v) is 7.02. The van der Waals surface area contributed by atoms with Gasteiger partial charge in [0, 0.05) is 23.2 Å². The molecule has 2 nitrogen and oxygen atoms in total. The summed E-state index contributed by atoms with van der Waals surface area (Å²) in [4.78, 5) is 0. The molecule has 0 saturated carbocycles. The average Bonchev–Trinajstić information content (AvgIpc) is 2.36. The van der Waals surface area contributed by atoms with E-state index in [1.165, 1.54) is 0 Å². The average molecular weight is 290 g/mol. The third kappa shape index (κ3) is 4.43. The summed E-state index contributed by atoms with van der Waals surface area (Å²) in [5.74, 6) is 0. The summed E-state index contributed by atoms with van der Waals surface area (Å²) in [7, 11) is 3.71. The van der Waals surface area contributed by atoms with Crippen molar-refractivity contribution >= 4 is 23.2 Å². The fourth-order valence-corrected chi connectivity index (χ4v) is 2.60. The predicted molar refractivity (Wildman–Crippen MR) is 78.7 cm³/mol. The molecule has 1 aromatic rings. The summed E-state index contributed by atoms with van der Waals surface area (Å²) in [6.45, 7) is 2.16. The van der Waals surface area contributed by atoms with Crippen molar-refractivity contribution in [3.63, 3.8) is 0 Å². The zero-order valence-electron chi connectivity index (χ0n) is 11.2. The van der Waals surface area contributed by atoms with Gasteiger partial charge < -0.3 is 10.1 Å². The van der Waals surface area contributed by atoms with Crippen LogP contribution < -0.4 is 5.32 Å². The first-order valence-electron chi connectivity index (χ1n) is 6.26. The second-order valence-electron chi connectivity index (χ2n) is 4.40. The molecule has 0 fully saturated rings. The summed E-state index contributed by atoms with van der Waals surface area (Å²) < 4.78 is 5.55. The third-order valence-electron chi connectivity index (χ3n) is 3.15. The Kier molecular flexibility index (Phi) is 7.02. The lowest BCUT2D eigenvalue weighted by Crippen LogP contribution is -2.40. The molecule has 0 aliphatic carbocycles. The van der Waals surface area contributed by atoms with Crippen LogP contribution in [0.3, 0.4) is 0 Å². The van der Waals surface area contributed by atoms with Gasteiger partial charge in [0.2, 0.25) is 0 Å². The highest BCUT2D eigenvalue weighted by molar-refractivity contribution is 6.35. The topological polar surface area (TPSA) is 21.3 Å². The molecule has 2 atom stereocenters. The van der Waals surface area contributed by atoms with Crippen LogP contribution in [0.2, 0.25) is 10.0 Å². The molecule has 102 valence electrons. The number of halogens is 2. The molecule has 0 radical (unpaired) electrons. The predicted octanol–water partition coefficient (Wildman–Crippen LogP) is 3.94. The van der Waals surface area contributed by atoms with Crippen LogP contribution in [0.15, 0.2) is 18.2 Å². The van der Waals surface area contributed by atoms with Gasteiger partial charge in [0.1, 0.15) is 0 Å². The number of likely N-dealkylation sites (N-methyl/N-ethyl adjacent to an activating group) is 1. The van der Waals surface area contributed by atoms with Crippen molar-refractivity contribution in [2.75, 3.05) is 14.2 Å². The van der Waals surface area contributed by atoms with Crippen LogP contribution in [-0.4, -0.2) is 26.3 Å². The molecule has 0 saturated heterocycles. The van der Waals surface area contributed by atoms with Crippen molar-refractivity contribution in [2.45, 2.75) is 38.3 Å². The summed E-state index contributed by atoms with van der Waals surface area (Å²) in [5, 5.41) is 4.70. The molecule has 0 amide bonds. The van der Waals surface area contributed by atoms with E-state index in [0.717, 1.165) is 24.8 Å². The quantitative estimate of drug-likeness (QED) is 0.821. The summed E-state index contributed by atoms with van der Waals surface area (Å²) in [6, 6.07) is 5.89. The number of methoxy groups -OCH3 is 1. The molecule has 0 heterocycles. The first-order chi connectivity index (χ1) is 8.62. The maximum atomic E-state index is 6.20. The maximum absolute atomic E-state index is 6.20. The Bertz CT molecular complexity index is 371. The Hall–Kier alpha value is -0.280. The lowest BCUT2D eigenvalue weighted by atomic mass is 9.98. The van der Waals surface area contributed by atoms with E-state index < -0.39 is 0 Å². The number of benzene rings is 1. The molecule has 0 spiro atoms. The smallest absolute Gasteiger partial charge is 0.0727 e. The van der Waals surface area contributed by atoms with E-state index in [-0.39, 0.29) is 12.1 Å². The Morgan fingerprint density at radius 2 is 2.06 bits per heavy atom. The Morgan fingerprint density at radius 1 is 1.33 bits per heavy atom. The number of hydrogen-bond acceptors (Lipinski definition) is 2. The van der Waals surface area contributed by atoms with E-state index in [0.29, 0.717) is 10.0 Å². The molecule has 0 aliphatic rings. The highest BCUT2D eigenvalue weighted by Gasteiger charge is 2.20. The molecule has 1 N–H and O–H groups in total. The van der Waals surface area contributed by atoms with Gasteiger partial charge in [-0.15, -0.1) is 0 Å². The zero-order valence-corrected chi connectivity index (χ0v) is 12.7. The standard InChI is InChI=1S/C14H21Cl2NO/c1-4-5-14(18-3)13(17-2)8-10-6-7-11(15)9-12(10)16/h6-7,9,13-14,17H,4-5,8H2,1-3H3. The maximum Gasteiger partial charge on any atom is 0.0727 e. The molecule has 0 bridgehead atoms. The van der Waals surface area contributed by atoms with E-state index in [4.69, 9.17) is 27.9 Å². The normalized spacial score (nSPS) is 14.5. The van der Waals surface area contributed by atoms with E-state index >= 15 is 0 Å². The molecule has 0 aromatic heterocycles. The van der Waals surface area contributed by atoms with Crippen molar-refractivity contribution in [1.29, 1.82) is 0 Å². The van der Waals surface area contributed by atoms with Gasteiger partial charge in [-0.2, -0.15) is 0 Å². The fourth-order valence-electron chi connectivity index (χ4n) is 2.11. The fraction of sp³-hybridized carbons (Fsp3) is 0.571. The van der Waals surface area contributed by atoms with E-state index in [1.807, 2.05) is 19.2 Å². The van der Waals surface area contributed by atoms with Crippen molar-refractivity contribution in [2.24, 2.45) is 0 Å². The number of nitrogens with one attached hydrogen (secondary N) is 1. The largest absolute Gasteiger partial charge is 0.380 e.